The quantitative estimate of drug-likeness (QED) is 0.674. The van der Waals surface area contributed by atoms with E-state index in [0.717, 1.165) is 43.8 Å². The molecule has 32 heavy (non-hydrogen) atoms. The number of phenolic OH excluding ortho intramolecular Hbond substituents is 1. The number of piperidine rings is 1. The molecule has 6 aliphatic rings. The van der Waals surface area contributed by atoms with Crippen molar-refractivity contribution in [1.82, 2.24) is 4.90 Å². The summed E-state index contributed by atoms with van der Waals surface area (Å²) in [6.07, 6.45) is 4.97. The van der Waals surface area contributed by atoms with Crippen LogP contribution < -0.4 is 10.1 Å². The maximum Gasteiger partial charge on any atom is 0.165 e. The standard InChI is InChI=1S/C26H28N2O3.CH4/c29-19-8-7-15-11-20-26(30)12-17-16-3-1-2-4-18(16)27-22(17)24-25(26,21(15)23(19)31-24)9-10-28(20)13-14-5-6-14;/h1-4,7-8,14,17,20,22,24,27,29-30H,5-6,9-13H2;1H4/t17?,20-,22?,24?,25+,26-;/m1./s1. The zero-order chi connectivity index (χ0) is 20.5. The highest BCUT2D eigenvalue weighted by atomic mass is 16.5. The molecule has 2 bridgehead atoms. The normalized spacial score (nSPS) is 39.8. The number of ether oxygens (including phenoxy) is 1. The van der Waals surface area contributed by atoms with Crippen molar-refractivity contribution in [2.24, 2.45) is 5.92 Å². The molecule has 3 heterocycles. The minimum atomic E-state index is -0.850. The molecule has 2 aromatic carbocycles. The van der Waals surface area contributed by atoms with E-state index in [1.54, 1.807) is 6.07 Å². The molecule has 6 atom stereocenters. The minimum Gasteiger partial charge on any atom is -0.504 e. The molecular weight excluding hydrogens is 400 g/mol. The zero-order valence-electron chi connectivity index (χ0n) is 17.6. The van der Waals surface area contributed by atoms with E-state index in [9.17, 15) is 10.2 Å². The summed E-state index contributed by atoms with van der Waals surface area (Å²) < 4.78 is 6.66. The smallest absolute Gasteiger partial charge is 0.165 e. The third-order valence-electron chi connectivity index (χ3n) is 9.53. The summed E-state index contributed by atoms with van der Waals surface area (Å²) >= 11 is 0. The number of aliphatic hydroxyl groups is 1. The van der Waals surface area contributed by atoms with E-state index >= 15 is 0 Å². The maximum absolute atomic E-state index is 12.7. The molecule has 2 saturated carbocycles. The highest BCUT2D eigenvalue weighted by Gasteiger charge is 2.75. The number of aromatic hydroxyl groups is 1. The van der Waals surface area contributed by atoms with E-state index in [1.165, 1.54) is 29.7 Å². The van der Waals surface area contributed by atoms with E-state index < -0.39 is 11.0 Å². The number of phenols is 1. The molecule has 5 nitrogen and oxygen atoms in total. The molecule has 1 saturated heterocycles. The average molecular weight is 433 g/mol. The number of rotatable bonds is 2. The van der Waals surface area contributed by atoms with E-state index in [1.807, 2.05) is 0 Å². The van der Waals surface area contributed by atoms with Gasteiger partial charge < -0.3 is 20.3 Å². The largest absolute Gasteiger partial charge is 0.504 e. The zero-order valence-corrected chi connectivity index (χ0v) is 17.6. The van der Waals surface area contributed by atoms with Crippen LogP contribution in [-0.2, 0) is 11.8 Å². The fourth-order valence-electron chi connectivity index (χ4n) is 8.12. The monoisotopic (exact) mass is 432 g/mol. The van der Waals surface area contributed by atoms with Crippen molar-refractivity contribution in [2.75, 3.05) is 18.4 Å². The summed E-state index contributed by atoms with van der Waals surface area (Å²) in [4.78, 5) is 2.60. The number of hydrogen-bond donors (Lipinski definition) is 3. The molecule has 0 amide bonds. The average Bonchev–Trinajstić information content (AvgIpc) is 3.40. The first kappa shape index (κ1) is 19.2. The van der Waals surface area contributed by atoms with Crippen molar-refractivity contribution in [3.8, 4) is 11.5 Å². The number of anilines is 1. The Morgan fingerprint density at radius 3 is 2.84 bits per heavy atom. The number of nitrogens with one attached hydrogen (secondary N) is 1. The van der Waals surface area contributed by atoms with Gasteiger partial charge in [0, 0.05) is 29.8 Å². The Kier molecular flexibility index (Phi) is 3.61. The third-order valence-corrected chi connectivity index (χ3v) is 9.53. The summed E-state index contributed by atoms with van der Waals surface area (Å²) in [5.41, 5.74) is 3.55. The van der Waals surface area contributed by atoms with Crippen molar-refractivity contribution >= 4 is 5.69 Å². The summed E-state index contributed by atoms with van der Waals surface area (Å²) in [6.45, 7) is 2.11. The van der Waals surface area contributed by atoms with Crippen LogP contribution in [0.3, 0.4) is 0 Å². The van der Waals surface area contributed by atoms with Gasteiger partial charge in [0.05, 0.1) is 17.1 Å². The Morgan fingerprint density at radius 1 is 1.16 bits per heavy atom. The maximum atomic E-state index is 12.7. The number of likely N-dealkylation sites (tertiary alicyclic amines) is 1. The van der Waals surface area contributed by atoms with E-state index in [-0.39, 0.29) is 37.3 Å². The highest BCUT2D eigenvalue weighted by Crippen LogP contribution is 2.68. The Labute approximate surface area is 189 Å². The number of benzene rings is 2. The summed E-state index contributed by atoms with van der Waals surface area (Å²) in [5.74, 6) is 1.88. The van der Waals surface area contributed by atoms with Gasteiger partial charge in [-0.3, -0.25) is 4.90 Å². The molecule has 8 rings (SSSR count). The summed E-state index contributed by atoms with van der Waals surface area (Å²) in [6, 6.07) is 12.6. The molecular formula is C27H32N2O3. The lowest BCUT2D eigenvalue weighted by atomic mass is 9.46. The van der Waals surface area contributed by atoms with Gasteiger partial charge in [-0.05, 0) is 67.8 Å². The minimum absolute atomic E-state index is 0. The van der Waals surface area contributed by atoms with Gasteiger partial charge in [-0.15, -0.1) is 0 Å². The molecule has 5 heteroatoms. The van der Waals surface area contributed by atoms with Crippen LogP contribution in [0.1, 0.15) is 55.7 Å². The van der Waals surface area contributed by atoms with Gasteiger partial charge in [0.15, 0.2) is 11.5 Å². The Hall–Kier alpha value is -2.24. The van der Waals surface area contributed by atoms with Gasteiger partial charge >= 0.3 is 0 Å². The Balaban J connectivity index is 0.00000180. The van der Waals surface area contributed by atoms with Crippen LogP contribution >= 0.6 is 0 Å². The Morgan fingerprint density at radius 2 is 2.00 bits per heavy atom. The second-order valence-corrected chi connectivity index (χ2v) is 10.9. The van der Waals surface area contributed by atoms with Gasteiger partial charge in [-0.2, -0.15) is 0 Å². The van der Waals surface area contributed by atoms with Crippen molar-refractivity contribution in [1.29, 1.82) is 0 Å². The SMILES string of the molecule is C.Oc1ccc2c3c1OC1C4Nc5ccccc5C4C[C@@]4(O)[C@@H](C2)N(CC2CC2)CC[C@]314. The molecule has 0 aromatic heterocycles. The van der Waals surface area contributed by atoms with Crippen LogP contribution in [0.25, 0.3) is 0 Å². The lowest BCUT2D eigenvalue weighted by Crippen LogP contribution is -2.78. The number of nitrogens with zero attached hydrogens (tertiary/aromatic N) is 1. The third kappa shape index (κ3) is 2.04. The molecule has 1 spiro atoms. The van der Waals surface area contributed by atoms with Gasteiger partial charge in [-0.1, -0.05) is 31.7 Å². The predicted octanol–water partition coefficient (Wildman–Crippen LogP) is 3.78. The molecule has 168 valence electrons. The highest BCUT2D eigenvalue weighted by molar-refractivity contribution is 5.67. The molecule has 3 N–H and O–H groups in total. The summed E-state index contributed by atoms with van der Waals surface area (Å²) in [7, 11) is 0. The molecule has 3 aliphatic heterocycles. The van der Waals surface area contributed by atoms with Gasteiger partial charge in [0.25, 0.3) is 0 Å². The van der Waals surface area contributed by atoms with Gasteiger partial charge in [0.2, 0.25) is 0 Å². The molecule has 2 aromatic rings. The number of para-hydroxylation sites is 1. The van der Waals surface area contributed by atoms with Crippen molar-refractivity contribution in [2.45, 2.75) is 74.7 Å². The van der Waals surface area contributed by atoms with Crippen molar-refractivity contribution < 1.29 is 14.9 Å². The fourth-order valence-corrected chi connectivity index (χ4v) is 8.12. The number of fused-ring (bicyclic) bond motifs is 4. The van der Waals surface area contributed by atoms with Gasteiger partial charge in [0.1, 0.15) is 6.10 Å². The van der Waals surface area contributed by atoms with Crippen molar-refractivity contribution in [3.63, 3.8) is 0 Å². The lowest BCUT2D eigenvalue weighted by molar-refractivity contribution is -0.191. The molecule has 0 radical (unpaired) electrons. The van der Waals surface area contributed by atoms with E-state index in [2.05, 4.69) is 40.5 Å². The Bertz CT molecular complexity index is 1130. The van der Waals surface area contributed by atoms with Crippen LogP contribution in [-0.4, -0.2) is 52.0 Å². The van der Waals surface area contributed by atoms with Crippen molar-refractivity contribution in [3.05, 3.63) is 53.1 Å². The molecule has 3 fully saturated rings. The van der Waals surface area contributed by atoms with Crippen LogP contribution in [0.15, 0.2) is 36.4 Å². The fraction of sp³-hybridized carbons (Fsp3) is 0.556. The predicted molar refractivity (Wildman–Crippen MR) is 123 cm³/mol. The topological polar surface area (TPSA) is 65.0 Å². The lowest BCUT2D eigenvalue weighted by Gasteiger charge is -2.65. The van der Waals surface area contributed by atoms with E-state index in [4.69, 9.17) is 4.74 Å². The summed E-state index contributed by atoms with van der Waals surface area (Å²) in [5, 5.41) is 27.3. The van der Waals surface area contributed by atoms with E-state index in [0.29, 0.717) is 5.75 Å². The van der Waals surface area contributed by atoms with Crippen LogP contribution in [0.2, 0.25) is 0 Å². The van der Waals surface area contributed by atoms with Crippen LogP contribution in [0.4, 0.5) is 5.69 Å². The van der Waals surface area contributed by atoms with Crippen LogP contribution in [0, 0.1) is 5.92 Å². The van der Waals surface area contributed by atoms with Gasteiger partial charge in [-0.25, -0.2) is 0 Å². The van der Waals surface area contributed by atoms with Crippen LogP contribution in [0.5, 0.6) is 11.5 Å². The first-order valence-corrected chi connectivity index (χ1v) is 11.9. The second kappa shape index (κ2) is 6.00. The molecule has 3 unspecified atom stereocenters. The molecule has 3 aliphatic carbocycles. The first-order valence-electron chi connectivity index (χ1n) is 11.9. The second-order valence-electron chi connectivity index (χ2n) is 10.9. The number of hydrogen-bond acceptors (Lipinski definition) is 5. The first-order chi connectivity index (χ1) is 15.1.